The maximum absolute atomic E-state index is 12.9. The van der Waals surface area contributed by atoms with E-state index in [0.717, 1.165) is 11.1 Å². The van der Waals surface area contributed by atoms with E-state index in [9.17, 15) is 9.59 Å². The Morgan fingerprint density at radius 1 is 1.14 bits per heavy atom. The molecule has 148 valence electrons. The molecule has 0 atom stereocenters. The molecule has 0 fully saturated rings. The molecule has 0 unspecified atom stereocenters. The minimum atomic E-state index is -0.418. The van der Waals surface area contributed by atoms with Gasteiger partial charge in [0.1, 0.15) is 12.3 Å². The highest BCUT2D eigenvalue weighted by Gasteiger charge is 2.19. The summed E-state index contributed by atoms with van der Waals surface area (Å²) in [6.45, 7) is 7.49. The highest BCUT2D eigenvalue weighted by molar-refractivity contribution is 5.94. The smallest absolute Gasteiger partial charge is 0.308 e. The van der Waals surface area contributed by atoms with E-state index >= 15 is 0 Å². The first-order chi connectivity index (χ1) is 14.0. The molecule has 7 nitrogen and oxygen atoms in total. The van der Waals surface area contributed by atoms with Crippen molar-refractivity contribution in [3.63, 3.8) is 0 Å². The first kappa shape index (κ1) is 20.0. The predicted octanol–water partition coefficient (Wildman–Crippen LogP) is 3.80. The van der Waals surface area contributed by atoms with Gasteiger partial charge in [-0.15, -0.1) is 6.58 Å². The van der Waals surface area contributed by atoms with Crippen LogP contribution in [0.1, 0.15) is 28.7 Å². The van der Waals surface area contributed by atoms with E-state index in [1.807, 2.05) is 31.2 Å². The number of hydrogen-bond donors (Lipinski definition) is 0. The van der Waals surface area contributed by atoms with Crippen LogP contribution in [0.5, 0.6) is 5.75 Å². The largest absolute Gasteiger partial charge is 0.427 e. The summed E-state index contributed by atoms with van der Waals surface area (Å²) < 4.78 is 10.3. The normalized spacial score (nSPS) is 10.4. The van der Waals surface area contributed by atoms with E-state index in [-0.39, 0.29) is 12.5 Å². The summed E-state index contributed by atoms with van der Waals surface area (Å²) in [5, 5.41) is 4.00. The van der Waals surface area contributed by atoms with Gasteiger partial charge in [0.05, 0.1) is 0 Å². The molecular formula is C22H21N3O4. The van der Waals surface area contributed by atoms with Gasteiger partial charge in [0.15, 0.2) is 0 Å². The van der Waals surface area contributed by atoms with Crippen molar-refractivity contribution in [2.24, 2.45) is 0 Å². The molecule has 0 N–H and O–H groups in total. The molecule has 0 aliphatic carbocycles. The molecule has 0 radical (unpaired) electrons. The highest BCUT2D eigenvalue weighted by Crippen LogP contribution is 2.18. The van der Waals surface area contributed by atoms with Gasteiger partial charge < -0.3 is 14.2 Å². The van der Waals surface area contributed by atoms with Crippen LogP contribution in [0, 0.1) is 6.92 Å². The van der Waals surface area contributed by atoms with Crippen LogP contribution >= 0.6 is 0 Å². The zero-order chi connectivity index (χ0) is 20.8. The lowest BCUT2D eigenvalue weighted by Gasteiger charge is -2.19. The molecule has 7 heteroatoms. The van der Waals surface area contributed by atoms with Crippen molar-refractivity contribution < 1.29 is 18.8 Å². The van der Waals surface area contributed by atoms with Crippen LogP contribution in [-0.4, -0.2) is 33.5 Å². The van der Waals surface area contributed by atoms with Crippen LogP contribution < -0.4 is 4.74 Å². The number of aryl methyl sites for hydroxylation is 1. The molecule has 0 saturated carbocycles. The number of carbonyl (C=O) groups is 2. The Morgan fingerprint density at radius 2 is 1.83 bits per heavy atom. The number of benzene rings is 2. The summed E-state index contributed by atoms with van der Waals surface area (Å²) in [7, 11) is 0. The Balaban J connectivity index is 1.74. The van der Waals surface area contributed by atoms with E-state index in [2.05, 4.69) is 16.7 Å². The summed E-state index contributed by atoms with van der Waals surface area (Å²) in [5.41, 5.74) is 2.43. The van der Waals surface area contributed by atoms with Crippen molar-refractivity contribution in [2.45, 2.75) is 20.4 Å². The maximum Gasteiger partial charge on any atom is 0.308 e. The second kappa shape index (κ2) is 8.97. The van der Waals surface area contributed by atoms with Crippen LogP contribution in [0.25, 0.3) is 11.4 Å². The van der Waals surface area contributed by atoms with Gasteiger partial charge in [0, 0.05) is 24.6 Å². The van der Waals surface area contributed by atoms with Gasteiger partial charge in [-0.25, -0.2) is 0 Å². The minimum absolute atomic E-state index is 0.148. The lowest BCUT2D eigenvalue weighted by atomic mass is 10.1. The average Bonchev–Trinajstić information content (AvgIpc) is 3.16. The van der Waals surface area contributed by atoms with Crippen LogP contribution in [0.2, 0.25) is 0 Å². The van der Waals surface area contributed by atoms with Gasteiger partial charge in [0.25, 0.3) is 5.91 Å². The number of aromatic nitrogens is 2. The Kier molecular flexibility index (Phi) is 6.19. The van der Waals surface area contributed by atoms with Crippen molar-refractivity contribution in [1.82, 2.24) is 15.0 Å². The Hall–Kier alpha value is -3.74. The van der Waals surface area contributed by atoms with Crippen LogP contribution in [-0.2, 0) is 11.3 Å². The zero-order valence-corrected chi connectivity index (χ0v) is 16.3. The molecule has 0 spiro atoms. The fourth-order valence-corrected chi connectivity index (χ4v) is 2.69. The standard InChI is InChI=1S/C22H21N3O4/c1-4-13-25(22(27)18-9-11-19(12-10-18)28-16(3)26)14-20-23-21(24-29-20)17-7-5-15(2)6-8-17/h4-12H,1,13-14H2,2-3H3. The molecule has 3 rings (SSSR count). The van der Waals surface area contributed by atoms with Gasteiger partial charge in [-0.1, -0.05) is 41.1 Å². The van der Waals surface area contributed by atoms with Crippen molar-refractivity contribution in [1.29, 1.82) is 0 Å². The molecule has 0 aliphatic heterocycles. The van der Waals surface area contributed by atoms with Crippen LogP contribution in [0.4, 0.5) is 0 Å². The Morgan fingerprint density at radius 3 is 2.45 bits per heavy atom. The van der Waals surface area contributed by atoms with Crippen LogP contribution in [0.15, 0.2) is 65.7 Å². The average molecular weight is 391 g/mol. The highest BCUT2D eigenvalue weighted by atomic mass is 16.5. The minimum Gasteiger partial charge on any atom is -0.427 e. The number of hydrogen-bond acceptors (Lipinski definition) is 6. The van der Waals surface area contributed by atoms with Crippen molar-refractivity contribution in [3.05, 3.63) is 78.2 Å². The number of ether oxygens (including phenoxy) is 1. The quantitative estimate of drug-likeness (QED) is 0.346. The molecule has 2 aromatic carbocycles. The summed E-state index contributed by atoms with van der Waals surface area (Å²) in [5.74, 6) is 0.528. The predicted molar refractivity (Wildman–Crippen MR) is 107 cm³/mol. The monoisotopic (exact) mass is 391 g/mol. The molecule has 29 heavy (non-hydrogen) atoms. The fourth-order valence-electron chi connectivity index (χ4n) is 2.69. The summed E-state index contributed by atoms with van der Waals surface area (Å²) in [6, 6.07) is 14.1. The van der Waals surface area contributed by atoms with Gasteiger partial charge >= 0.3 is 5.97 Å². The molecule has 1 amide bonds. The molecule has 0 saturated heterocycles. The van der Waals surface area contributed by atoms with E-state index in [1.165, 1.54) is 6.92 Å². The summed E-state index contributed by atoms with van der Waals surface area (Å²) >= 11 is 0. The van der Waals surface area contributed by atoms with Crippen molar-refractivity contribution >= 4 is 11.9 Å². The summed E-state index contributed by atoms with van der Waals surface area (Å²) in [4.78, 5) is 29.8. The van der Waals surface area contributed by atoms with E-state index in [0.29, 0.717) is 29.6 Å². The Bertz CT molecular complexity index is 1010. The first-order valence-electron chi connectivity index (χ1n) is 9.04. The Labute approximate surface area is 168 Å². The number of esters is 1. The third-order valence-corrected chi connectivity index (χ3v) is 4.10. The molecule has 3 aromatic rings. The number of nitrogens with zero attached hydrogens (tertiary/aromatic N) is 3. The second-order valence-electron chi connectivity index (χ2n) is 6.47. The third kappa shape index (κ3) is 5.16. The fraction of sp³-hybridized carbons (Fsp3) is 0.182. The van der Waals surface area contributed by atoms with E-state index in [4.69, 9.17) is 9.26 Å². The van der Waals surface area contributed by atoms with Gasteiger partial charge in [0.2, 0.25) is 11.7 Å². The number of carbonyl (C=O) groups excluding carboxylic acids is 2. The molecule has 1 heterocycles. The number of amides is 1. The van der Waals surface area contributed by atoms with Gasteiger partial charge in [-0.2, -0.15) is 4.98 Å². The summed E-state index contributed by atoms with van der Waals surface area (Å²) in [6.07, 6.45) is 1.63. The third-order valence-electron chi connectivity index (χ3n) is 4.10. The zero-order valence-electron chi connectivity index (χ0n) is 16.3. The van der Waals surface area contributed by atoms with Gasteiger partial charge in [-0.3, -0.25) is 9.59 Å². The first-order valence-corrected chi connectivity index (χ1v) is 9.04. The van der Waals surface area contributed by atoms with Crippen molar-refractivity contribution in [3.8, 4) is 17.1 Å². The molecule has 0 bridgehead atoms. The maximum atomic E-state index is 12.9. The van der Waals surface area contributed by atoms with E-state index in [1.54, 1.807) is 35.2 Å². The number of rotatable bonds is 7. The van der Waals surface area contributed by atoms with E-state index < -0.39 is 5.97 Å². The lowest BCUT2D eigenvalue weighted by molar-refractivity contribution is -0.131. The lowest BCUT2D eigenvalue weighted by Crippen LogP contribution is -2.30. The topological polar surface area (TPSA) is 85.5 Å². The van der Waals surface area contributed by atoms with Crippen LogP contribution in [0.3, 0.4) is 0 Å². The SMILES string of the molecule is C=CCN(Cc1nc(-c2ccc(C)cc2)no1)C(=O)c1ccc(OC(C)=O)cc1. The molecular weight excluding hydrogens is 370 g/mol. The molecule has 1 aromatic heterocycles. The molecule has 0 aliphatic rings. The van der Waals surface area contributed by atoms with Gasteiger partial charge in [-0.05, 0) is 31.2 Å². The van der Waals surface area contributed by atoms with Crippen molar-refractivity contribution in [2.75, 3.05) is 6.54 Å². The second-order valence-corrected chi connectivity index (χ2v) is 6.47.